The Morgan fingerprint density at radius 3 is 2.33 bits per heavy atom. The lowest BCUT2D eigenvalue weighted by atomic mass is 10.0. The van der Waals surface area contributed by atoms with Crippen LogP contribution in [0, 0.1) is 0 Å². The molecule has 4 nitrogen and oxygen atoms in total. The Morgan fingerprint density at radius 2 is 1.72 bits per heavy atom. The minimum atomic E-state index is -0.379. The van der Waals surface area contributed by atoms with Gasteiger partial charge >= 0.3 is 5.97 Å². The molecular formula is C14H14O4. The summed E-state index contributed by atoms with van der Waals surface area (Å²) < 4.78 is 15.2. The molecule has 0 aliphatic heterocycles. The van der Waals surface area contributed by atoms with Crippen molar-refractivity contribution in [3.8, 4) is 11.5 Å². The van der Waals surface area contributed by atoms with Gasteiger partial charge in [0.1, 0.15) is 11.5 Å². The van der Waals surface area contributed by atoms with Crippen molar-refractivity contribution < 1.29 is 19.0 Å². The van der Waals surface area contributed by atoms with Gasteiger partial charge in [-0.1, -0.05) is 0 Å². The summed E-state index contributed by atoms with van der Waals surface area (Å²) in [6, 6.07) is 8.92. The molecule has 0 saturated heterocycles. The van der Waals surface area contributed by atoms with Crippen LogP contribution in [-0.4, -0.2) is 27.3 Å². The zero-order chi connectivity index (χ0) is 13.1. The molecule has 0 heterocycles. The summed E-state index contributed by atoms with van der Waals surface area (Å²) >= 11 is 0. The van der Waals surface area contributed by atoms with E-state index < -0.39 is 0 Å². The predicted molar refractivity (Wildman–Crippen MR) is 68.4 cm³/mol. The summed E-state index contributed by atoms with van der Waals surface area (Å²) in [7, 11) is 4.54. The van der Waals surface area contributed by atoms with Gasteiger partial charge < -0.3 is 14.2 Å². The highest BCUT2D eigenvalue weighted by Crippen LogP contribution is 2.31. The lowest BCUT2D eigenvalue weighted by Gasteiger charge is -2.10. The third-order valence-corrected chi connectivity index (χ3v) is 2.81. The van der Waals surface area contributed by atoms with Crippen LogP contribution in [0.1, 0.15) is 10.4 Å². The molecule has 0 amide bonds. The van der Waals surface area contributed by atoms with E-state index in [0.717, 1.165) is 10.8 Å². The highest BCUT2D eigenvalue weighted by atomic mass is 16.5. The molecule has 0 atom stereocenters. The average Bonchev–Trinajstić information content (AvgIpc) is 2.44. The molecule has 0 spiro atoms. The Kier molecular flexibility index (Phi) is 3.37. The Hall–Kier alpha value is -2.23. The third-order valence-electron chi connectivity index (χ3n) is 2.81. The van der Waals surface area contributed by atoms with Gasteiger partial charge in [-0.05, 0) is 30.3 Å². The highest BCUT2D eigenvalue weighted by Gasteiger charge is 2.13. The van der Waals surface area contributed by atoms with Crippen LogP contribution in [0.2, 0.25) is 0 Å². The molecule has 2 rings (SSSR count). The van der Waals surface area contributed by atoms with E-state index in [2.05, 4.69) is 0 Å². The number of benzene rings is 2. The molecule has 0 aliphatic carbocycles. The fourth-order valence-corrected chi connectivity index (χ4v) is 1.89. The maximum atomic E-state index is 11.7. The minimum absolute atomic E-state index is 0.379. The molecular weight excluding hydrogens is 232 g/mol. The third kappa shape index (κ3) is 1.97. The van der Waals surface area contributed by atoms with Crippen LogP contribution >= 0.6 is 0 Å². The normalized spacial score (nSPS) is 10.2. The average molecular weight is 246 g/mol. The standard InChI is InChI=1S/C14H14O4/c1-16-9-4-5-10-12(8-9)11(14(15)18-3)6-7-13(10)17-2/h4-8H,1-3H3. The van der Waals surface area contributed by atoms with Crippen molar-refractivity contribution in [2.45, 2.75) is 0 Å². The quantitative estimate of drug-likeness (QED) is 0.781. The van der Waals surface area contributed by atoms with Gasteiger partial charge in [0.2, 0.25) is 0 Å². The molecule has 0 bridgehead atoms. The summed E-state index contributed by atoms with van der Waals surface area (Å²) in [6.07, 6.45) is 0. The van der Waals surface area contributed by atoms with Crippen LogP contribution < -0.4 is 9.47 Å². The number of esters is 1. The Morgan fingerprint density at radius 1 is 0.944 bits per heavy atom. The highest BCUT2D eigenvalue weighted by molar-refractivity contribution is 6.06. The number of methoxy groups -OCH3 is 3. The molecule has 0 radical (unpaired) electrons. The Labute approximate surface area is 105 Å². The molecule has 0 N–H and O–H groups in total. The molecule has 4 heteroatoms. The molecule has 0 aromatic heterocycles. The Bertz CT molecular complexity index is 590. The lowest BCUT2D eigenvalue weighted by molar-refractivity contribution is 0.0603. The van der Waals surface area contributed by atoms with Gasteiger partial charge in [0.15, 0.2) is 0 Å². The molecule has 0 fully saturated rings. The number of rotatable bonds is 3. The van der Waals surface area contributed by atoms with Crippen molar-refractivity contribution in [2.24, 2.45) is 0 Å². The van der Waals surface area contributed by atoms with Crippen molar-refractivity contribution in [3.05, 3.63) is 35.9 Å². The van der Waals surface area contributed by atoms with E-state index in [0.29, 0.717) is 17.1 Å². The molecule has 0 saturated carbocycles. The Balaban J connectivity index is 2.75. The summed E-state index contributed by atoms with van der Waals surface area (Å²) in [4.78, 5) is 11.7. The van der Waals surface area contributed by atoms with Crippen LogP contribution in [-0.2, 0) is 4.74 Å². The van der Waals surface area contributed by atoms with E-state index in [4.69, 9.17) is 14.2 Å². The van der Waals surface area contributed by atoms with Gasteiger partial charge in [0, 0.05) is 10.8 Å². The van der Waals surface area contributed by atoms with Gasteiger partial charge in [0.05, 0.1) is 26.9 Å². The van der Waals surface area contributed by atoms with Crippen molar-refractivity contribution in [1.29, 1.82) is 0 Å². The first kappa shape index (κ1) is 12.2. The number of carbonyl (C=O) groups is 1. The first-order valence-corrected chi connectivity index (χ1v) is 5.44. The smallest absolute Gasteiger partial charge is 0.338 e. The maximum Gasteiger partial charge on any atom is 0.338 e. The van der Waals surface area contributed by atoms with Crippen molar-refractivity contribution in [3.63, 3.8) is 0 Å². The summed E-state index contributed by atoms with van der Waals surface area (Å²) in [5.41, 5.74) is 0.493. The van der Waals surface area contributed by atoms with Crippen LogP contribution in [0.25, 0.3) is 10.8 Å². The molecule has 2 aromatic carbocycles. The van der Waals surface area contributed by atoms with Gasteiger partial charge in [-0.2, -0.15) is 0 Å². The topological polar surface area (TPSA) is 44.8 Å². The minimum Gasteiger partial charge on any atom is -0.497 e. The molecule has 0 unspecified atom stereocenters. The number of fused-ring (bicyclic) bond motifs is 1. The van der Waals surface area contributed by atoms with Gasteiger partial charge in [-0.15, -0.1) is 0 Å². The van der Waals surface area contributed by atoms with Crippen LogP contribution in [0.4, 0.5) is 0 Å². The molecule has 18 heavy (non-hydrogen) atoms. The molecule has 94 valence electrons. The second-order valence-electron chi connectivity index (χ2n) is 3.72. The number of hydrogen-bond acceptors (Lipinski definition) is 4. The monoisotopic (exact) mass is 246 g/mol. The predicted octanol–water partition coefficient (Wildman–Crippen LogP) is 2.64. The van der Waals surface area contributed by atoms with E-state index in [1.54, 1.807) is 32.4 Å². The van der Waals surface area contributed by atoms with Crippen molar-refractivity contribution in [2.75, 3.05) is 21.3 Å². The molecule has 0 aliphatic rings. The zero-order valence-electron chi connectivity index (χ0n) is 10.5. The van der Waals surface area contributed by atoms with Crippen LogP contribution in [0.3, 0.4) is 0 Å². The van der Waals surface area contributed by atoms with Crippen molar-refractivity contribution >= 4 is 16.7 Å². The zero-order valence-corrected chi connectivity index (χ0v) is 10.5. The summed E-state index contributed by atoms with van der Waals surface area (Å²) in [6.45, 7) is 0. The van der Waals surface area contributed by atoms with E-state index in [1.807, 2.05) is 12.1 Å². The van der Waals surface area contributed by atoms with Gasteiger partial charge in [-0.3, -0.25) is 0 Å². The second-order valence-corrected chi connectivity index (χ2v) is 3.72. The lowest BCUT2D eigenvalue weighted by Crippen LogP contribution is -2.02. The van der Waals surface area contributed by atoms with E-state index in [9.17, 15) is 4.79 Å². The van der Waals surface area contributed by atoms with Crippen molar-refractivity contribution in [1.82, 2.24) is 0 Å². The first-order valence-electron chi connectivity index (χ1n) is 5.44. The second kappa shape index (κ2) is 4.96. The van der Waals surface area contributed by atoms with Gasteiger partial charge in [-0.25, -0.2) is 4.79 Å². The maximum absolute atomic E-state index is 11.7. The van der Waals surface area contributed by atoms with Gasteiger partial charge in [0.25, 0.3) is 0 Å². The van der Waals surface area contributed by atoms with E-state index in [1.165, 1.54) is 7.11 Å². The van der Waals surface area contributed by atoms with Crippen LogP contribution in [0.15, 0.2) is 30.3 Å². The summed E-state index contributed by atoms with van der Waals surface area (Å²) in [5.74, 6) is 1.01. The fourth-order valence-electron chi connectivity index (χ4n) is 1.89. The number of carbonyl (C=O) groups excluding carboxylic acids is 1. The molecule has 2 aromatic rings. The van der Waals surface area contributed by atoms with Crippen LogP contribution in [0.5, 0.6) is 11.5 Å². The largest absolute Gasteiger partial charge is 0.497 e. The summed E-state index contributed by atoms with van der Waals surface area (Å²) in [5, 5.41) is 1.60. The number of ether oxygens (including phenoxy) is 3. The SMILES string of the molecule is COC(=O)c1ccc(OC)c2ccc(OC)cc12. The fraction of sp³-hybridized carbons (Fsp3) is 0.214. The van der Waals surface area contributed by atoms with E-state index in [-0.39, 0.29) is 5.97 Å². The number of hydrogen-bond donors (Lipinski definition) is 0. The first-order chi connectivity index (χ1) is 8.71. The van der Waals surface area contributed by atoms with E-state index >= 15 is 0 Å².